The molecular weight excluding hydrogens is 523 g/mol. The van der Waals surface area contributed by atoms with Crippen molar-refractivity contribution >= 4 is 42.0 Å². The number of hydrogen-bond acceptors (Lipinski definition) is 5. The summed E-state index contributed by atoms with van der Waals surface area (Å²) in [5.74, 6) is 0.574. The molecule has 2 N–H and O–H groups in total. The van der Waals surface area contributed by atoms with Gasteiger partial charge in [-0.1, -0.05) is 30.3 Å². The summed E-state index contributed by atoms with van der Waals surface area (Å²) in [5, 5.41) is 6.31. The van der Waals surface area contributed by atoms with Crippen molar-refractivity contribution < 1.29 is 19.1 Å². The third-order valence-corrected chi connectivity index (χ3v) is 4.98. The van der Waals surface area contributed by atoms with Gasteiger partial charge in [-0.05, 0) is 46.1 Å². The summed E-state index contributed by atoms with van der Waals surface area (Å²) < 4.78 is 10.6. The molecule has 1 atom stereocenters. The molecule has 1 aromatic rings. The lowest BCUT2D eigenvalue weighted by Crippen LogP contribution is -2.49. The van der Waals surface area contributed by atoms with Crippen molar-refractivity contribution in [3.8, 4) is 0 Å². The molecule has 1 aliphatic rings. The molecule has 1 aliphatic heterocycles. The SMILES string of the molecule is CCOC(=O)C1CCN(C(=NC)NCC(NC(=O)OC(C)(C)C)c2ccccc2)CC1.I. The number of esters is 1. The summed E-state index contributed by atoms with van der Waals surface area (Å²) in [6.07, 6.45) is 1.00. The van der Waals surface area contributed by atoms with Crippen molar-refractivity contribution in [3.05, 3.63) is 35.9 Å². The van der Waals surface area contributed by atoms with Crippen LogP contribution in [0.15, 0.2) is 35.3 Å². The molecule has 0 aliphatic carbocycles. The monoisotopic (exact) mass is 560 g/mol. The molecule has 1 saturated heterocycles. The first kappa shape index (κ1) is 28.0. The van der Waals surface area contributed by atoms with Crippen LogP contribution in [0.5, 0.6) is 0 Å². The van der Waals surface area contributed by atoms with Gasteiger partial charge in [0.1, 0.15) is 5.60 Å². The van der Waals surface area contributed by atoms with E-state index < -0.39 is 11.7 Å². The second-order valence-corrected chi connectivity index (χ2v) is 8.55. The predicted molar refractivity (Wildman–Crippen MR) is 136 cm³/mol. The molecule has 0 bridgehead atoms. The first-order valence-corrected chi connectivity index (χ1v) is 10.9. The van der Waals surface area contributed by atoms with Crippen molar-refractivity contribution in [1.29, 1.82) is 0 Å². The van der Waals surface area contributed by atoms with Crippen LogP contribution in [0.2, 0.25) is 0 Å². The number of benzene rings is 1. The molecule has 1 fully saturated rings. The van der Waals surface area contributed by atoms with Gasteiger partial charge in [0.05, 0.1) is 18.6 Å². The van der Waals surface area contributed by atoms with Gasteiger partial charge in [-0.3, -0.25) is 9.79 Å². The van der Waals surface area contributed by atoms with Gasteiger partial charge in [-0.2, -0.15) is 0 Å². The molecule has 32 heavy (non-hydrogen) atoms. The molecule has 1 unspecified atom stereocenters. The fourth-order valence-electron chi connectivity index (χ4n) is 3.50. The lowest BCUT2D eigenvalue weighted by molar-refractivity contribution is -0.149. The molecule has 1 heterocycles. The second-order valence-electron chi connectivity index (χ2n) is 8.55. The van der Waals surface area contributed by atoms with Crippen molar-refractivity contribution in [1.82, 2.24) is 15.5 Å². The number of likely N-dealkylation sites (tertiary alicyclic amines) is 1. The van der Waals surface area contributed by atoms with E-state index in [9.17, 15) is 9.59 Å². The Kier molecular flexibility index (Phi) is 11.8. The minimum absolute atomic E-state index is 0. The third kappa shape index (κ3) is 9.22. The van der Waals surface area contributed by atoms with E-state index in [-0.39, 0.29) is 41.9 Å². The van der Waals surface area contributed by atoms with E-state index in [1.54, 1.807) is 7.05 Å². The number of ether oxygens (including phenoxy) is 2. The number of hydrogen-bond donors (Lipinski definition) is 2. The number of halogens is 1. The Morgan fingerprint density at radius 2 is 1.81 bits per heavy atom. The number of alkyl carbamates (subject to hydrolysis) is 1. The quantitative estimate of drug-likeness (QED) is 0.239. The summed E-state index contributed by atoms with van der Waals surface area (Å²) >= 11 is 0. The van der Waals surface area contributed by atoms with Crippen LogP contribution in [-0.2, 0) is 14.3 Å². The maximum Gasteiger partial charge on any atom is 0.408 e. The fourth-order valence-corrected chi connectivity index (χ4v) is 3.50. The number of carbonyl (C=O) groups excluding carboxylic acids is 2. The molecule has 8 nitrogen and oxygen atoms in total. The molecule has 1 aromatic carbocycles. The first-order valence-electron chi connectivity index (χ1n) is 10.9. The van der Waals surface area contributed by atoms with Crippen molar-refractivity contribution in [3.63, 3.8) is 0 Å². The highest BCUT2D eigenvalue weighted by molar-refractivity contribution is 14.0. The molecule has 0 spiro atoms. The molecule has 9 heteroatoms. The molecule has 0 saturated carbocycles. The molecular formula is C23H37IN4O4. The van der Waals surface area contributed by atoms with E-state index in [2.05, 4.69) is 20.5 Å². The van der Waals surface area contributed by atoms with Crippen LogP contribution in [0.25, 0.3) is 0 Å². The molecule has 2 rings (SSSR count). The van der Waals surface area contributed by atoms with Crippen LogP contribution in [0.4, 0.5) is 4.79 Å². The van der Waals surface area contributed by atoms with Crippen molar-refractivity contribution in [2.45, 2.75) is 52.2 Å². The average Bonchev–Trinajstić information content (AvgIpc) is 2.73. The van der Waals surface area contributed by atoms with Gasteiger partial charge in [0.2, 0.25) is 0 Å². The van der Waals surface area contributed by atoms with E-state index in [0.29, 0.717) is 13.2 Å². The van der Waals surface area contributed by atoms with Crippen LogP contribution in [0.3, 0.4) is 0 Å². The highest BCUT2D eigenvalue weighted by Gasteiger charge is 2.28. The predicted octanol–water partition coefficient (Wildman–Crippen LogP) is 3.72. The van der Waals surface area contributed by atoms with Gasteiger partial charge in [-0.25, -0.2) is 4.79 Å². The van der Waals surface area contributed by atoms with Crippen molar-refractivity contribution in [2.75, 3.05) is 33.3 Å². The van der Waals surface area contributed by atoms with E-state index in [4.69, 9.17) is 9.47 Å². The Hall–Kier alpha value is -2.04. The Balaban J connectivity index is 0.00000512. The Labute approximate surface area is 208 Å². The van der Waals surface area contributed by atoms with E-state index in [0.717, 1.165) is 37.5 Å². The summed E-state index contributed by atoms with van der Waals surface area (Å²) in [5.41, 5.74) is 0.398. The molecule has 0 aromatic heterocycles. The number of piperidine rings is 1. The Morgan fingerprint density at radius 1 is 1.19 bits per heavy atom. The minimum Gasteiger partial charge on any atom is -0.466 e. The van der Waals surface area contributed by atoms with Crippen LogP contribution >= 0.6 is 24.0 Å². The number of amides is 1. The van der Waals surface area contributed by atoms with Gasteiger partial charge in [-0.15, -0.1) is 24.0 Å². The average molecular weight is 560 g/mol. The summed E-state index contributed by atoms with van der Waals surface area (Å²) in [6.45, 7) is 9.64. The zero-order chi connectivity index (χ0) is 22.9. The zero-order valence-corrected chi connectivity index (χ0v) is 22.1. The van der Waals surface area contributed by atoms with Crippen LogP contribution in [0.1, 0.15) is 52.1 Å². The topological polar surface area (TPSA) is 92.3 Å². The number of aliphatic imine (C=N–C) groups is 1. The summed E-state index contributed by atoms with van der Waals surface area (Å²) in [4.78, 5) is 30.9. The Morgan fingerprint density at radius 3 is 2.34 bits per heavy atom. The highest BCUT2D eigenvalue weighted by atomic mass is 127. The zero-order valence-electron chi connectivity index (χ0n) is 19.7. The standard InChI is InChI=1S/C23H36N4O4.HI/c1-6-30-20(28)18-12-14-27(15-13-18)21(24-5)25-16-19(17-10-8-7-9-11-17)26-22(29)31-23(2,3)4;/h7-11,18-19H,6,12-16H2,1-5H3,(H,24,25)(H,26,29);1H. The van der Waals surface area contributed by atoms with Crippen LogP contribution < -0.4 is 10.6 Å². The van der Waals surface area contributed by atoms with Crippen molar-refractivity contribution in [2.24, 2.45) is 10.9 Å². The lowest BCUT2D eigenvalue weighted by Gasteiger charge is -2.34. The molecule has 1 amide bonds. The van der Waals surface area contributed by atoms with E-state index in [1.165, 1.54) is 0 Å². The third-order valence-electron chi connectivity index (χ3n) is 4.98. The van der Waals surface area contributed by atoms with Crippen LogP contribution in [0, 0.1) is 5.92 Å². The van der Waals surface area contributed by atoms with E-state index in [1.807, 2.05) is 58.0 Å². The second kappa shape index (κ2) is 13.5. The smallest absolute Gasteiger partial charge is 0.408 e. The van der Waals surface area contributed by atoms with Gasteiger partial charge in [0.25, 0.3) is 0 Å². The number of guanidine groups is 1. The highest BCUT2D eigenvalue weighted by Crippen LogP contribution is 2.19. The van der Waals surface area contributed by atoms with Gasteiger partial charge >= 0.3 is 12.1 Å². The van der Waals surface area contributed by atoms with Crippen LogP contribution in [-0.4, -0.2) is 61.8 Å². The minimum atomic E-state index is -0.571. The summed E-state index contributed by atoms with van der Waals surface area (Å²) in [6, 6.07) is 9.47. The number of carbonyl (C=O) groups is 2. The normalized spacial score (nSPS) is 15.9. The van der Waals surface area contributed by atoms with Gasteiger partial charge in [0.15, 0.2) is 5.96 Å². The first-order chi connectivity index (χ1) is 14.7. The maximum atomic E-state index is 12.4. The maximum absolute atomic E-state index is 12.4. The Bertz CT molecular complexity index is 744. The number of rotatable bonds is 6. The molecule has 0 radical (unpaired) electrons. The van der Waals surface area contributed by atoms with E-state index >= 15 is 0 Å². The largest absolute Gasteiger partial charge is 0.466 e. The fraction of sp³-hybridized carbons (Fsp3) is 0.609. The van der Waals surface area contributed by atoms with Gasteiger partial charge in [0, 0.05) is 26.7 Å². The number of nitrogens with one attached hydrogen (secondary N) is 2. The number of nitrogens with zero attached hydrogens (tertiary/aromatic N) is 2. The van der Waals surface area contributed by atoms with Gasteiger partial charge < -0.3 is 25.0 Å². The lowest BCUT2D eigenvalue weighted by atomic mass is 9.97. The summed E-state index contributed by atoms with van der Waals surface area (Å²) in [7, 11) is 1.73. The molecule has 180 valence electrons.